The molecule has 0 fully saturated rings. The number of nitrogens with one attached hydrogen (secondary N) is 1. The molecule has 0 aromatic carbocycles. The third kappa shape index (κ3) is 4.84. The van der Waals surface area contributed by atoms with Crippen molar-refractivity contribution in [3.63, 3.8) is 0 Å². The van der Waals surface area contributed by atoms with E-state index in [-0.39, 0.29) is 28.5 Å². The van der Waals surface area contributed by atoms with Gasteiger partial charge in [0.2, 0.25) is 11.8 Å². The topological polar surface area (TPSA) is 128 Å². The zero-order chi connectivity index (χ0) is 24.6. The number of alkyl halides is 5. The Morgan fingerprint density at radius 1 is 1.15 bits per heavy atom. The fourth-order valence-corrected chi connectivity index (χ4v) is 3.53. The van der Waals surface area contributed by atoms with Crippen molar-refractivity contribution < 1.29 is 39.9 Å². The number of fused-ring (bicyclic) bond motifs is 1. The molecule has 0 bridgehead atoms. The summed E-state index contributed by atoms with van der Waals surface area (Å²) in [5.41, 5.74) is -0.261. The first-order valence-electron chi connectivity index (χ1n) is 9.04. The van der Waals surface area contributed by atoms with Crippen molar-refractivity contribution in [1.82, 2.24) is 24.6 Å². The Morgan fingerprint density at radius 2 is 1.85 bits per heavy atom. The van der Waals surface area contributed by atoms with Gasteiger partial charge in [-0.05, 0) is 6.07 Å². The van der Waals surface area contributed by atoms with Crippen LogP contribution < -0.4 is 10.1 Å². The smallest absolute Gasteiger partial charge is 0.456 e. The Balaban J connectivity index is 2.06. The fraction of sp³-hybridized carbons (Fsp3) is 0.353. The van der Waals surface area contributed by atoms with Crippen molar-refractivity contribution in [2.75, 3.05) is 17.7 Å². The second-order valence-corrected chi connectivity index (χ2v) is 8.75. The number of rotatable bonds is 7. The first-order valence-corrected chi connectivity index (χ1v) is 10.7. The van der Waals surface area contributed by atoms with Gasteiger partial charge in [0.05, 0.1) is 29.4 Å². The van der Waals surface area contributed by atoms with Crippen molar-refractivity contribution in [3.8, 4) is 17.1 Å². The van der Waals surface area contributed by atoms with E-state index in [1.54, 1.807) is 0 Å². The Bertz CT molecular complexity index is 1290. The third-order valence-corrected chi connectivity index (χ3v) is 5.80. The van der Waals surface area contributed by atoms with E-state index in [9.17, 15) is 35.2 Å². The van der Waals surface area contributed by atoms with Crippen LogP contribution in [-0.4, -0.2) is 63.3 Å². The summed E-state index contributed by atoms with van der Waals surface area (Å²) in [6, 6.07) is 1.37. The number of aromatic nitrogens is 5. The van der Waals surface area contributed by atoms with Gasteiger partial charge >= 0.3 is 12.1 Å². The lowest BCUT2D eigenvalue weighted by Gasteiger charge is -2.19. The highest BCUT2D eigenvalue weighted by molar-refractivity contribution is 7.91. The molecule has 1 amide bonds. The standard InChI is InChI=1S/C17H15F5N6O4S/c1-3-33(30,31)15-13(14-23-5-4-11(26-9(2)29)28(14)27-15)10-6-25-12(7-24-10)32-8-16(18,19)17(20,21)22/h4-7H,3,8H2,1-2H3,(H,26,29). The summed E-state index contributed by atoms with van der Waals surface area (Å²) in [7, 11) is -3.95. The number of sulfone groups is 1. The molecule has 178 valence electrons. The summed E-state index contributed by atoms with van der Waals surface area (Å²) in [4.78, 5) is 23.0. The number of nitrogens with zero attached hydrogens (tertiary/aromatic N) is 5. The number of halogens is 5. The van der Waals surface area contributed by atoms with Crippen molar-refractivity contribution >= 4 is 27.2 Å². The molecule has 3 rings (SSSR count). The van der Waals surface area contributed by atoms with Crippen LogP contribution in [0.3, 0.4) is 0 Å². The number of hydrogen-bond acceptors (Lipinski definition) is 8. The van der Waals surface area contributed by atoms with E-state index in [1.165, 1.54) is 26.1 Å². The molecule has 0 saturated carbocycles. The minimum absolute atomic E-state index is 0.0279. The van der Waals surface area contributed by atoms with Crippen LogP contribution in [0.1, 0.15) is 13.8 Å². The van der Waals surface area contributed by atoms with E-state index in [4.69, 9.17) is 0 Å². The first-order chi connectivity index (χ1) is 15.3. The zero-order valence-electron chi connectivity index (χ0n) is 16.9. The van der Waals surface area contributed by atoms with Crippen molar-refractivity contribution in [3.05, 3.63) is 24.7 Å². The molecular formula is C17H15F5N6O4S. The quantitative estimate of drug-likeness (QED) is 0.497. The molecule has 0 unspecified atom stereocenters. The van der Waals surface area contributed by atoms with Crippen molar-refractivity contribution in [2.24, 2.45) is 0 Å². The number of carbonyl (C=O) groups is 1. The number of hydrogen-bond donors (Lipinski definition) is 1. The predicted octanol–water partition coefficient (Wildman–Crippen LogP) is 2.51. The van der Waals surface area contributed by atoms with Crippen LogP contribution in [0.5, 0.6) is 5.88 Å². The maximum absolute atomic E-state index is 13.0. The zero-order valence-corrected chi connectivity index (χ0v) is 17.7. The minimum atomic E-state index is -5.81. The molecule has 0 saturated heterocycles. The SMILES string of the molecule is CCS(=O)(=O)c1nn2c(NC(C)=O)ccnc2c1-c1cnc(OCC(F)(F)C(F)(F)F)cn1. The van der Waals surface area contributed by atoms with Gasteiger partial charge in [0, 0.05) is 13.1 Å². The highest BCUT2D eigenvalue weighted by Crippen LogP contribution is 2.36. The van der Waals surface area contributed by atoms with Crippen molar-refractivity contribution in [2.45, 2.75) is 31.0 Å². The molecule has 1 N–H and O–H groups in total. The van der Waals surface area contributed by atoms with Gasteiger partial charge in [-0.3, -0.25) is 4.79 Å². The number of carbonyl (C=O) groups excluding carboxylic acids is 1. The second kappa shape index (κ2) is 8.49. The van der Waals surface area contributed by atoms with E-state index in [0.717, 1.165) is 16.9 Å². The van der Waals surface area contributed by atoms with Gasteiger partial charge in [-0.15, -0.1) is 0 Å². The molecule has 0 aliphatic carbocycles. The molecule has 16 heteroatoms. The maximum Gasteiger partial charge on any atom is 0.456 e. The van der Waals surface area contributed by atoms with Gasteiger partial charge in [0.25, 0.3) is 0 Å². The summed E-state index contributed by atoms with van der Waals surface area (Å²) in [5.74, 6) is -6.46. The van der Waals surface area contributed by atoms with Gasteiger partial charge in [-0.2, -0.15) is 31.6 Å². The van der Waals surface area contributed by atoms with Crippen molar-refractivity contribution in [1.29, 1.82) is 0 Å². The van der Waals surface area contributed by atoms with Gasteiger partial charge in [-0.25, -0.2) is 23.4 Å². The highest BCUT2D eigenvalue weighted by Gasteiger charge is 2.58. The van der Waals surface area contributed by atoms with E-state index in [2.05, 4.69) is 30.1 Å². The van der Waals surface area contributed by atoms with Crippen LogP contribution in [0.25, 0.3) is 16.9 Å². The van der Waals surface area contributed by atoms with Crippen LogP contribution in [0.4, 0.5) is 27.8 Å². The molecule has 0 aliphatic heterocycles. The average Bonchev–Trinajstić information content (AvgIpc) is 3.13. The predicted molar refractivity (Wildman–Crippen MR) is 103 cm³/mol. The Morgan fingerprint density at radius 3 is 2.39 bits per heavy atom. The van der Waals surface area contributed by atoms with E-state index >= 15 is 0 Å². The largest absolute Gasteiger partial charge is 0.470 e. The van der Waals surface area contributed by atoms with Gasteiger partial charge in [-0.1, -0.05) is 6.92 Å². The molecule has 3 heterocycles. The Labute approximate surface area is 182 Å². The lowest BCUT2D eigenvalue weighted by molar-refractivity contribution is -0.290. The highest BCUT2D eigenvalue weighted by atomic mass is 32.2. The number of ether oxygens (including phenoxy) is 1. The summed E-state index contributed by atoms with van der Waals surface area (Å²) in [6.07, 6.45) is -2.86. The molecule has 0 radical (unpaired) electrons. The van der Waals surface area contributed by atoms with Gasteiger partial charge < -0.3 is 10.1 Å². The normalized spacial score (nSPS) is 12.7. The minimum Gasteiger partial charge on any atom is -0.470 e. The fourth-order valence-electron chi connectivity index (χ4n) is 2.55. The molecule has 0 aliphatic rings. The molecule has 3 aromatic rings. The van der Waals surface area contributed by atoms with E-state index < -0.39 is 45.4 Å². The molecular weight excluding hydrogens is 479 g/mol. The first kappa shape index (κ1) is 24.2. The molecule has 33 heavy (non-hydrogen) atoms. The van der Waals surface area contributed by atoms with Gasteiger partial charge in [0.1, 0.15) is 5.82 Å². The van der Waals surface area contributed by atoms with Crippen LogP contribution in [-0.2, 0) is 14.6 Å². The third-order valence-electron chi connectivity index (χ3n) is 4.17. The summed E-state index contributed by atoms with van der Waals surface area (Å²) >= 11 is 0. The molecule has 3 aromatic heterocycles. The van der Waals surface area contributed by atoms with Crippen LogP contribution in [0.2, 0.25) is 0 Å². The molecule has 0 atom stereocenters. The second-order valence-electron chi connectivity index (χ2n) is 6.56. The number of amides is 1. The number of anilines is 1. The van der Waals surface area contributed by atoms with Crippen LogP contribution >= 0.6 is 0 Å². The maximum atomic E-state index is 13.0. The summed E-state index contributed by atoms with van der Waals surface area (Å²) in [6.45, 7) is 0.583. The van der Waals surface area contributed by atoms with Gasteiger partial charge in [0.15, 0.2) is 27.1 Å². The lowest BCUT2D eigenvalue weighted by atomic mass is 10.2. The van der Waals surface area contributed by atoms with E-state index in [0.29, 0.717) is 0 Å². The summed E-state index contributed by atoms with van der Waals surface area (Å²) in [5, 5.41) is 6.06. The Hall–Kier alpha value is -3.43. The average molecular weight is 494 g/mol. The van der Waals surface area contributed by atoms with Crippen LogP contribution in [0.15, 0.2) is 29.7 Å². The van der Waals surface area contributed by atoms with Crippen LogP contribution in [0, 0.1) is 0 Å². The molecule has 10 nitrogen and oxygen atoms in total. The Kier molecular flexibility index (Phi) is 6.23. The molecule has 0 spiro atoms. The summed E-state index contributed by atoms with van der Waals surface area (Å²) < 4.78 is 93.6. The van der Waals surface area contributed by atoms with E-state index in [1.807, 2.05) is 0 Å². The monoisotopic (exact) mass is 494 g/mol. The lowest BCUT2D eigenvalue weighted by Crippen LogP contribution is -2.41.